The molecule has 0 radical (unpaired) electrons. The van der Waals surface area contributed by atoms with Gasteiger partial charge in [0.1, 0.15) is 0 Å². The number of nitrogens with two attached hydrogens (primary N) is 1. The fourth-order valence-electron chi connectivity index (χ4n) is 1.94. The number of hydrogen-bond acceptors (Lipinski definition) is 4. The molecular formula is C13H18N4O2S. The van der Waals surface area contributed by atoms with E-state index in [0.717, 1.165) is 0 Å². The lowest BCUT2D eigenvalue weighted by Gasteiger charge is -2.22. The molecule has 0 saturated heterocycles. The van der Waals surface area contributed by atoms with Gasteiger partial charge in [0.2, 0.25) is 0 Å². The van der Waals surface area contributed by atoms with Gasteiger partial charge in [-0.1, -0.05) is 12.1 Å². The number of para-hydroxylation sites is 2. The van der Waals surface area contributed by atoms with Crippen molar-refractivity contribution in [1.29, 1.82) is 0 Å². The lowest BCUT2D eigenvalue weighted by atomic mass is 10.3. The monoisotopic (exact) mass is 294 g/mol. The summed E-state index contributed by atoms with van der Waals surface area (Å²) in [7, 11) is -3.69. The molecule has 1 heterocycles. The number of hydrogen-bond donors (Lipinski definition) is 1. The first-order valence-corrected chi connectivity index (χ1v) is 7.83. The van der Waals surface area contributed by atoms with Crippen LogP contribution in [0.2, 0.25) is 0 Å². The number of benzene rings is 1. The van der Waals surface area contributed by atoms with Crippen LogP contribution in [0, 0.1) is 0 Å². The molecule has 0 amide bonds. The fraction of sp³-hybridized carbons (Fsp3) is 0.308. The maximum Gasteiger partial charge on any atom is 0.283 e. The topological polar surface area (TPSA) is 81.2 Å². The third kappa shape index (κ3) is 2.49. The van der Waals surface area contributed by atoms with Crippen molar-refractivity contribution in [2.24, 2.45) is 0 Å². The van der Waals surface area contributed by atoms with Crippen molar-refractivity contribution in [1.82, 2.24) is 9.55 Å². The second-order valence-electron chi connectivity index (χ2n) is 4.27. The third-order valence-corrected chi connectivity index (χ3v) is 4.80. The molecule has 6 nitrogen and oxygen atoms in total. The first-order valence-electron chi connectivity index (χ1n) is 6.39. The molecule has 1 aromatic carbocycles. The highest BCUT2D eigenvalue weighted by molar-refractivity contribution is 7.92. The number of nitrogens with zero attached hydrogens (tertiary/aromatic N) is 3. The Hall–Kier alpha value is -2.02. The molecule has 0 aliphatic rings. The Labute approximate surface area is 118 Å². The van der Waals surface area contributed by atoms with E-state index < -0.39 is 10.0 Å². The molecule has 2 N–H and O–H groups in total. The average Bonchev–Trinajstić information content (AvgIpc) is 2.91. The third-order valence-electron chi connectivity index (χ3n) is 3.02. The van der Waals surface area contributed by atoms with E-state index in [2.05, 4.69) is 4.98 Å². The van der Waals surface area contributed by atoms with E-state index in [9.17, 15) is 8.42 Å². The van der Waals surface area contributed by atoms with Gasteiger partial charge in [-0.3, -0.25) is 4.31 Å². The van der Waals surface area contributed by atoms with Crippen LogP contribution < -0.4 is 10.0 Å². The summed E-state index contributed by atoms with van der Waals surface area (Å²) in [6, 6.07) is 6.89. The molecule has 2 aromatic rings. The van der Waals surface area contributed by atoms with Crippen LogP contribution in [0.15, 0.2) is 41.8 Å². The van der Waals surface area contributed by atoms with Crippen molar-refractivity contribution in [3.63, 3.8) is 0 Å². The molecule has 20 heavy (non-hydrogen) atoms. The summed E-state index contributed by atoms with van der Waals surface area (Å²) in [5.74, 6) is 0. The van der Waals surface area contributed by atoms with E-state index in [1.165, 1.54) is 16.8 Å². The van der Waals surface area contributed by atoms with Crippen molar-refractivity contribution in [3.8, 4) is 0 Å². The highest BCUT2D eigenvalue weighted by Crippen LogP contribution is 2.27. The Kier molecular flexibility index (Phi) is 3.99. The summed E-state index contributed by atoms with van der Waals surface area (Å²) >= 11 is 0. The molecule has 108 valence electrons. The average molecular weight is 294 g/mol. The van der Waals surface area contributed by atoms with Crippen molar-refractivity contribution in [2.75, 3.05) is 16.6 Å². The van der Waals surface area contributed by atoms with Gasteiger partial charge in [-0.25, -0.2) is 4.98 Å². The Morgan fingerprint density at radius 1 is 1.30 bits per heavy atom. The second kappa shape index (κ2) is 5.54. The minimum Gasteiger partial charge on any atom is -0.397 e. The number of aromatic nitrogens is 2. The van der Waals surface area contributed by atoms with Gasteiger partial charge in [-0.2, -0.15) is 8.42 Å². The van der Waals surface area contributed by atoms with Crippen molar-refractivity contribution < 1.29 is 8.42 Å². The lowest BCUT2D eigenvalue weighted by molar-refractivity contribution is 0.588. The van der Waals surface area contributed by atoms with E-state index in [1.54, 1.807) is 35.8 Å². The smallest absolute Gasteiger partial charge is 0.283 e. The van der Waals surface area contributed by atoms with Crippen LogP contribution in [0.4, 0.5) is 11.4 Å². The molecule has 0 bridgehead atoms. The first kappa shape index (κ1) is 14.4. The molecule has 1 aromatic heterocycles. The molecule has 0 unspecified atom stereocenters. The van der Waals surface area contributed by atoms with Crippen LogP contribution in [-0.4, -0.2) is 24.5 Å². The van der Waals surface area contributed by atoms with E-state index in [1.807, 2.05) is 6.92 Å². The van der Waals surface area contributed by atoms with Crippen LogP contribution in [-0.2, 0) is 16.6 Å². The number of anilines is 2. The van der Waals surface area contributed by atoms with Gasteiger partial charge in [-0.05, 0) is 26.0 Å². The number of aryl methyl sites for hydroxylation is 1. The predicted octanol–water partition coefficient (Wildman–Crippen LogP) is 1.70. The minimum atomic E-state index is -3.69. The predicted molar refractivity (Wildman–Crippen MR) is 79.0 cm³/mol. The molecule has 7 heteroatoms. The molecule has 0 spiro atoms. The number of rotatable bonds is 5. The first-order chi connectivity index (χ1) is 9.50. The van der Waals surface area contributed by atoms with Gasteiger partial charge in [0, 0.05) is 19.3 Å². The van der Waals surface area contributed by atoms with E-state index in [0.29, 0.717) is 17.9 Å². The summed E-state index contributed by atoms with van der Waals surface area (Å²) in [5.41, 5.74) is 6.77. The SMILES string of the molecule is CCN(c1ccccc1N)S(=O)(=O)c1cn(CC)cn1. The lowest BCUT2D eigenvalue weighted by Crippen LogP contribution is -2.31. The summed E-state index contributed by atoms with van der Waals surface area (Å²) < 4.78 is 28.3. The fourth-order valence-corrected chi connectivity index (χ4v) is 3.38. The zero-order valence-electron chi connectivity index (χ0n) is 11.5. The molecule has 0 aliphatic heterocycles. The number of sulfonamides is 1. The van der Waals surface area contributed by atoms with Gasteiger partial charge >= 0.3 is 0 Å². The standard InChI is InChI=1S/C13H18N4O2S/c1-3-16-9-13(15-10-16)20(18,19)17(4-2)12-8-6-5-7-11(12)14/h5-10H,3-4,14H2,1-2H3. The van der Waals surface area contributed by atoms with Gasteiger partial charge in [0.25, 0.3) is 10.0 Å². The Morgan fingerprint density at radius 3 is 2.55 bits per heavy atom. The van der Waals surface area contributed by atoms with Crippen molar-refractivity contribution in [3.05, 3.63) is 36.8 Å². The maximum atomic E-state index is 12.6. The van der Waals surface area contributed by atoms with E-state index >= 15 is 0 Å². The van der Waals surface area contributed by atoms with Crippen LogP contribution in [0.5, 0.6) is 0 Å². The summed E-state index contributed by atoms with van der Waals surface area (Å²) in [5, 5.41) is 0.0319. The molecule has 2 rings (SSSR count). The van der Waals surface area contributed by atoms with Crippen LogP contribution in [0.3, 0.4) is 0 Å². The summed E-state index contributed by atoms with van der Waals surface area (Å²) in [4.78, 5) is 3.98. The molecule has 0 saturated carbocycles. The van der Waals surface area contributed by atoms with Gasteiger partial charge < -0.3 is 10.3 Å². The van der Waals surface area contributed by atoms with Crippen LogP contribution in [0.1, 0.15) is 13.8 Å². The van der Waals surface area contributed by atoms with Crippen molar-refractivity contribution in [2.45, 2.75) is 25.4 Å². The van der Waals surface area contributed by atoms with Crippen molar-refractivity contribution >= 4 is 21.4 Å². The largest absolute Gasteiger partial charge is 0.397 e. The highest BCUT2D eigenvalue weighted by Gasteiger charge is 2.27. The summed E-state index contributed by atoms with van der Waals surface area (Å²) in [6.07, 6.45) is 3.03. The number of nitrogen functional groups attached to an aromatic ring is 1. The molecule has 0 atom stereocenters. The zero-order chi connectivity index (χ0) is 14.8. The Bertz CT molecular complexity index is 694. The molecule has 0 fully saturated rings. The summed E-state index contributed by atoms with van der Waals surface area (Å²) in [6.45, 7) is 4.64. The Balaban J connectivity index is 2.48. The maximum absolute atomic E-state index is 12.6. The minimum absolute atomic E-state index is 0.0319. The van der Waals surface area contributed by atoms with Gasteiger partial charge in [-0.15, -0.1) is 0 Å². The van der Waals surface area contributed by atoms with Gasteiger partial charge in [0.05, 0.1) is 17.7 Å². The van der Waals surface area contributed by atoms with Gasteiger partial charge in [0.15, 0.2) is 5.03 Å². The Morgan fingerprint density at radius 2 is 2.00 bits per heavy atom. The highest BCUT2D eigenvalue weighted by atomic mass is 32.2. The molecule has 0 aliphatic carbocycles. The normalized spacial score (nSPS) is 11.5. The quantitative estimate of drug-likeness (QED) is 0.851. The van der Waals surface area contributed by atoms with E-state index in [-0.39, 0.29) is 11.6 Å². The van der Waals surface area contributed by atoms with Crippen LogP contribution >= 0.6 is 0 Å². The van der Waals surface area contributed by atoms with Crippen LogP contribution in [0.25, 0.3) is 0 Å². The van der Waals surface area contributed by atoms with E-state index in [4.69, 9.17) is 5.73 Å². The molecular weight excluding hydrogens is 276 g/mol. The second-order valence-corrected chi connectivity index (χ2v) is 6.08. The zero-order valence-corrected chi connectivity index (χ0v) is 12.3. The number of imidazole rings is 1.